The van der Waals surface area contributed by atoms with Gasteiger partial charge in [0.15, 0.2) is 0 Å². The van der Waals surface area contributed by atoms with Gasteiger partial charge in [0, 0.05) is 12.0 Å². The maximum atomic E-state index is 11.0. The van der Waals surface area contributed by atoms with E-state index in [0.29, 0.717) is 19.6 Å². The van der Waals surface area contributed by atoms with Gasteiger partial charge in [-0.2, -0.15) is 0 Å². The van der Waals surface area contributed by atoms with Crippen LogP contribution in [0.4, 0.5) is 0 Å². The lowest BCUT2D eigenvalue weighted by atomic mass is 9.99. The van der Waals surface area contributed by atoms with Crippen molar-refractivity contribution >= 4 is 14.3 Å². The highest BCUT2D eigenvalue weighted by molar-refractivity contribution is 7.45. The first-order chi connectivity index (χ1) is 8.41. The molecule has 0 spiro atoms. The predicted octanol–water partition coefficient (Wildman–Crippen LogP) is 3.80. The molecule has 0 aromatic carbocycles. The average molecular weight is 277 g/mol. The molecule has 0 radical (unpaired) electrons. The Kier molecular flexibility index (Phi) is 9.84. The lowest BCUT2D eigenvalue weighted by molar-refractivity contribution is -0.117. The molecule has 0 fully saturated rings. The maximum Gasteiger partial charge on any atom is 0.256 e. The van der Waals surface area contributed by atoms with Gasteiger partial charge in [0.1, 0.15) is 5.78 Å². The quantitative estimate of drug-likeness (QED) is 0.583. The lowest BCUT2D eigenvalue weighted by Gasteiger charge is -2.30. The molecule has 0 saturated carbocycles. The van der Waals surface area contributed by atoms with E-state index in [1.54, 1.807) is 6.92 Å². The molecule has 0 aliphatic rings. The molecule has 0 bridgehead atoms. The van der Waals surface area contributed by atoms with E-state index < -0.39 is 8.53 Å². The number of ketones is 1. The van der Waals surface area contributed by atoms with Crippen LogP contribution >= 0.6 is 8.53 Å². The van der Waals surface area contributed by atoms with Crippen molar-refractivity contribution in [1.82, 2.24) is 5.09 Å². The smallest absolute Gasteiger partial charge is 0.256 e. The summed E-state index contributed by atoms with van der Waals surface area (Å²) in [5.74, 6) is 0.221. The second-order valence-electron chi connectivity index (χ2n) is 5.12. The molecular weight excluding hydrogens is 249 g/mol. The highest BCUT2D eigenvalue weighted by Crippen LogP contribution is 2.37. The van der Waals surface area contributed by atoms with E-state index in [-0.39, 0.29) is 11.3 Å². The van der Waals surface area contributed by atoms with Crippen LogP contribution in [0.5, 0.6) is 0 Å². The van der Waals surface area contributed by atoms with Gasteiger partial charge in [0.25, 0.3) is 8.53 Å². The molecule has 0 atom stereocenters. The molecular formula is C13H28NO3P. The van der Waals surface area contributed by atoms with Gasteiger partial charge in [-0.3, -0.25) is 0 Å². The Morgan fingerprint density at radius 3 is 2.06 bits per heavy atom. The van der Waals surface area contributed by atoms with E-state index in [1.165, 1.54) is 0 Å². The zero-order chi connectivity index (χ0) is 14.0. The number of nitrogens with one attached hydrogen (secondary N) is 1. The van der Waals surface area contributed by atoms with Crippen LogP contribution in [0.25, 0.3) is 0 Å². The molecule has 108 valence electrons. The minimum atomic E-state index is -1.05. The summed E-state index contributed by atoms with van der Waals surface area (Å²) in [4.78, 5) is 11.0. The first kappa shape index (κ1) is 18.0. The minimum Gasteiger partial charge on any atom is -0.322 e. The highest BCUT2D eigenvalue weighted by Gasteiger charge is 2.24. The van der Waals surface area contributed by atoms with Gasteiger partial charge in [-0.1, -0.05) is 13.8 Å². The third-order valence-corrected chi connectivity index (χ3v) is 3.94. The van der Waals surface area contributed by atoms with Crippen LogP contribution in [-0.2, 0) is 13.8 Å². The first-order valence-corrected chi connectivity index (χ1v) is 7.92. The van der Waals surface area contributed by atoms with Crippen molar-refractivity contribution in [3.8, 4) is 0 Å². The minimum absolute atomic E-state index is 0.140. The molecule has 0 unspecified atom stereocenters. The van der Waals surface area contributed by atoms with Crippen LogP contribution in [-0.4, -0.2) is 24.5 Å². The molecule has 18 heavy (non-hydrogen) atoms. The number of hydrogen-bond donors (Lipinski definition) is 1. The number of Topliss-reactive ketones (excluding diaryl/α,β-unsaturated/α-hetero) is 1. The third kappa shape index (κ3) is 9.95. The molecule has 4 nitrogen and oxygen atoms in total. The van der Waals surface area contributed by atoms with E-state index in [2.05, 4.69) is 32.8 Å². The van der Waals surface area contributed by atoms with Crippen LogP contribution in [0.15, 0.2) is 0 Å². The summed E-state index contributed by atoms with van der Waals surface area (Å²) in [6, 6.07) is 0. The SMILES string of the molecule is CCCOP(NC(C)(C)CCC(C)=O)OCCC. The van der Waals surface area contributed by atoms with Crippen LogP contribution < -0.4 is 5.09 Å². The summed E-state index contributed by atoms with van der Waals surface area (Å²) in [6.45, 7) is 11.3. The van der Waals surface area contributed by atoms with E-state index in [9.17, 15) is 4.79 Å². The van der Waals surface area contributed by atoms with Gasteiger partial charge < -0.3 is 13.8 Å². The lowest BCUT2D eigenvalue weighted by Crippen LogP contribution is -2.36. The molecule has 0 rings (SSSR count). The number of hydrogen-bond acceptors (Lipinski definition) is 4. The predicted molar refractivity (Wildman–Crippen MR) is 76.5 cm³/mol. The molecule has 0 saturated heterocycles. The topological polar surface area (TPSA) is 47.6 Å². The van der Waals surface area contributed by atoms with E-state index >= 15 is 0 Å². The zero-order valence-electron chi connectivity index (χ0n) is 12.4. The fraction of sp³-hybridized carbons (Fsp3) is 0.923. The Morgan fingerprint density at radius 1 is 1.17 bits per heavy atom. The molecule has 0 aliphatic heterocycles. The fourth-order valence-electron chi connectivity index (χ4n) is 1.24. The van der Waals surface area contributed by atoms with Gasteiger partial charge in [-0.25, -0.2) is 5.09 Å². The first-order valence-electron chi connectivity index (χ1n) is 6.74. The second kappa shape index (κ2) is 9.85. The molecule has 5 heteroatoms. The molecule has 1 N–H and O–H groups in total. The Hall–Kier alpha value is -0.0200. The van der Waals surface area contributed by atoms with Crippen molar-refractivity contribution in [2.75, 3.05) is 13.2 Å². The van der Waals surface area contributed by atoms with Crippen LogP contribution in [0.2, 0.25) is 0 Å². The monoisotopic (exact) mass is 277 g/mol. The largest absolute Gasteiger partial charge is 0.322 e. The van der Waals surface area contributed by atoms with Crippen molar-refractivity contribution in [3.05, 3.63) is 0 Å². The zero-order valence-corrected chi connectivity index (χ0v) is 13.3. The maximum absolute atomic E-state index is 11.0. The van der Waals surface area contributed by atoms with Gasteiger partial charge in [0.05, 0.1) is 13.2 Å². The average Bonchev–Trinajstić information content (AvgIpc) is 2.30. The Labute approximate surface area is 113 Å². The van der Waals surface area contributed by atoms with Crippen LogP contribution in [0, 0.1) is 0 Å². The van der Waals surface area contributed by atoms with Gasteiger partial charge in [-0.15, -0.1) is 0 Å². The summed E-state index contributed by atoms with van der Waals surface area (Å²) in [5, 5.41) is 3.39. The van der Waals surface area contributed by atoms with Crippen molar-refractivity contribution < 1.29 is 13.8 Å². The normalized spacial score (nSPS) is 12.1. The van der Waals surface area contributed by atoms with Crippen molar-refractivity contribution in [2.24, 2.45) is 0 Å². The summed E-state index contributed by atoms with van der Waals surface area (Å²) in [5.41, 5.74) is -0.140. The van der Waals surface area contributed by atoms with E-state index in [0.717, 1.165) is 19.3 Å². The summed E-state index contributed by atoms with van der Waals surface area (Å²) < 4.78 is 11.4. The number of rotatable bonds is 11. The summed E-state index contributed by atoms with van der Waals surface area (Å²) in [7, 11) is -1.05. The van der Waals surface area contributed by atoms with Crippen molar-refractivity contribution in [2.45, 2.75) is 65.8 Å². The summed E-state index contributed by atoms with van der Waals surface area (Å²) >= 11 is 0. The molecule has 0 amide bonds. The van der Waals surface area contributed by atoms with Gasteiger partial charge in [-0.05, 0) is 40.0 Å². The van der Waals surface area contributed by atoms with Gasteiger partial charge >= 0.3 is 0 Å². The van der Waals surface area contributed by atoms with E-state index in [1.807, 2.05) is 0 Å². The molecule has 0 aromatic rings. The standard InChI is InChI=1S/C13H28NO3P/c1-6-10-16-18(17-11-7-2)14-13(4,5)9-8-12(3)15/h14H,6-11H2,1-5H3. The van der Waals surface area contributed by atoms with Crippen molar-refractivity contribution in [1.29, 1.82) is 0 Å². The third-order valence-electron chi connectivity index (χ3n) is 2.32. The summed E-state index contributed by atoms with van der Waals surface area (Å²) in [6.07, 6.45) is 3.34. The Morgan fingerprint density at radius 2 is 1.67 bits per heavy atom. The van der Waals surface area contributed by atoms with Crippen molar-refractivity contribution in [3.63, 3.8) is 0 Å². The van der Waals surface area contributed by atoms with Gasteiger partial charge in [0.2, 0.25) is 0 Å². The molecule has 0 aliphatic carbocycles. The number of carbonyl (C=O) groups excluding carboxylic acids is 1. The van der Waals surface area contributed by atoms with E-state index in [4.69, 9.17) is 9.05 Å². The highest BCUT2D eigenvalue weighted by atomic mass is 31.2. The molecule has 0 aromatic heterocycles. The Bertz CT molecular complexity index is 226. The molecule has 0 heterocycles. The Balaban J connectivity index is 4.19. The van der Waals surface area contributed by atoms with Crippen LogP contribution in [0.3, 0.4) is 0 Å². The fourth-order valence-corrected chi connectivity index (χ4v) is 2.75. The number of carbonyl (C=O) groups is 1. The second-order valence-corrected chi connectivity index (χ2v) is 6.38. The van der Waals surface area contributed by atoms with Crippen LogP contribution in [0.1, 0.15) is 60.3 Å².